The van der Waals surface area contributed by atoms with E-state index in [4.69, 9.17) is 16.0 Å². The van der Waals surface area contributed by atoms with E-state index >= 15 is 0 Å². The van der Waals surface area contributed by atoms with E-state index in [2.05, 4.69) is 10.0 Å². The Bertz CT molecular complexity index is 1440. The van der Waals surface area contributed by atoms with Crippen LogP contribution in [0, 0.1) is 20.8 Å². The highest BCUT2D eigenvalue weighted by molar-refractivity contribution is 7.92. The number of amides is 1. The first kappa shape index (κ1) is 21.9. The van der Waals surface area contributed by atoms with Gasteiger partial charge in [0.05, 0.1) is 21.2 Å². The van der Waals surface area contributed by atoms with E-state index < -0.39 is 10.0 Å². The van der Waals surface area contributed by atoms with Crippen LogP contribution in [0.1, 0.15) is 27.2 Å². The second kappa shape index (κ2) is 8.33. The minimum atomic E-state index is -3.86. The van der Waals surface area contributed by atoms with Crippen molar-refractivity contribution in [1.29, 1.82) is 0 Å². The van der Waals surface area contributed by atoms with Crippen molar-refractivity contribution in [2.24, 2.45) is 0 Å². The van der Waals surface area contributed by atoms with Crippen molar-refractivity contribution >= 4 is 49.9 Å². The number of fused-ring (bicyclic) bond motifs is 1. The molecule has 2 N–H and O–H groups in total. The number of nitrogens with one attached hydrogen (secondary N) is 2. The summed E-state index contributed by atoms with van der Waals surface area (Å²) < 4.78 is 34.3. The summed E-state index contributed by atoms with van der Waals surface area (Å²) in [7, 11) is -3.86. The van der Waals surface area contributed by atoms with Gasteiger partial charge in [0.2, 0.25) is 0 Å². The van der Waals surface area contributed by atoms with Gasteiger partial charge in [-0.1, -0.05) is 47.5 Å². The van der Waals surface area contributed by atoms with Gasteiger partial charge in [0.25, 0.3) is 15.9 Å². The van der Waals surface area contributed by atoms with Gasteiger partial charge in [0.15, 0.2) is 5.58 Å². The SMILES string of the molecule is Cc1ccc(S(=O)(=O)Nc2cc(Cl)c3oc(C)c(C(=O)Nc4ccccc4)c3c2)c(C)c1. The van der Waals surface area contributed by atoms with Crippen LogP contribution >= 0.6 is 11.6 Å². The van der Waals surface area contributed by atoms with E-state index in [0.29, 0.717) is 33.5 Å². The molecule has 8 heteroatoms. The summed E-state index contributed by atoms with van der Waals surface area (Å²) in [5, 5.41) is 3.44. The molecule has 0 aliphatic rings. The summed E-state index contributed by atoms with van der Waals surface area (Å²) in [6.45, 7) is 5.30. The molecule has 1 heterocycles. The van der Waals surface area contributed by atoms with Crippen LogP contribution in [0.5, 0.6) is 0 Å². The fourth-order valence-corrected chi connectivity index (χ4v) is 5.17. The first-order valence-corrected chi connectivity index (χ1v) is 11.7. The molecule has 0 atom stereocenters. The highest BCUT2D eigenvalue weighted by Gasteiger charge is 2.23. The van der Waals surface area contributed by atoms with Crippen LogP contribution in [-0.4, -0.2) is 14.3 Å². The predicted molar refractivity (Wildman–Crippen MR) is 127 cm³/mol. The molecular weight excluding hydrogens is 448 g/mol. The van der Waals surface area contributed by atoms with Crippen LogP contribution in [-0.2, 0) is 10.0 Å². The number of anilines is 2. The van der Waals surface area contributed by atoms with Crippen molar-refractivity contribution in [1.82, 2.24) is 0 Å². The topological polar surface area (TPSA) is 88.4 Å². The second-order valence-corrected chi connectivity index (χ2v) is 9.62. The Morgan fingerprint density at radius 2 is 1.66 bits per heavy atom. The van der Waals surface area contributed by atoms with Crippen LogP contribution in [0.3, 0.4) is 0 Å². The highest BCUT2D eigenvalue weighted by atomic mass is 35.5. The van der Waals surface area contributed by atoms with E-state index in [1.165, 1.54) is 6.07 Å². The molecule has 164 valence electrons. The average molecular weight is 469 g/mol. The Labute approximate surface area is 191 Å². The average Bonchev–Trinajstić information content (AvgIpc) is 3.04. The minimum absolute atomic E-state index is 0.171. The first-order valence-electron chi connectivity index (χ1n) is 9.85. The van der Waals surface area contributed by atoms with E-state index in [9.17, 15) is 13.2 Å². The number of carbonyl (C=O) groups is 1. The van der Waals surface area contributed by atoms with Gasteiger partial charge in [-0.25, -0.2) is 8.42 Å². The van der Waals surface area contributed by atoms with Crippen molar-refractivity contribution in [3.05, 3.63) is 88.1 Å². The quantitative estimate of drug-likeness (QED) is 0.372. The number of benzene rings is 3. The Balaban J connectivity index is 1.74. The van der Waals surface area contributed by atoms with Crippen molar-refractivity contribution in [2.45, 2.75) is 25.7 Å². The summed E-state index contributed by atoms with van der Waals surface area (Å²) >= 11 is 6.38. The molecule has 32 heavy (non-hydrogen) atoms. The van der Waals surface area contributed by atoms with Gasteiger partial charge in [0.1, 0.15) is 5.76 Å². The fourth-order valence-electron chi connectivity index (χ4n) is 3.64. The van der Waals surface area contributed by atoms with Crippen LogP contribution in [0.15, 0.2) is 70.0 Å². The molecule has 1 aromatic heterocycles. The zero-order valence-electron chi connectivity index (χ0n) is 17.7. The standard InChI is InChI=1S/C24H21ClN2O4S/c1-14-9-10-21(15(2)11-14)32(29,30)27-18-12-19-22(16(3)31-23(19)20(25)13-18)24(28)26-17-7-5-4-6-8-17/h4-13,27H,1-3H3,(H,26,28). The molecule has 0 unspecified atom stereocenters. The maximum atomic E-state index is 13.0. The fraction of sp³-hybridized carbons (Fsp3) is 0.125. The highest BCUT2D eigenvalue weighted by Crippen LogP contribution is 2.35. The largest absolute Gasteiger partial charge is 0.459 e. The Morgan fingerprint density at radius 1 is 0.938 bits per heavy atom. The third-order valence-corrected chi connectivity index (χ3v) is 6.87. The normalized spacial score (nSPS) is 11.5. The second-order valence-electron chi connectivity index (χ2n) is 7.56. The summed E-state index contributed by atoms with van der Waals surface area (Å²) in [6.07, 6.45) is 0. The van der Waals surface area contributed by atoms with Crippen LogP contribution in [0.2, 0.25) is 5.02 Å². The minimum Gasteiger partial charge on any atom is -0.459 e. The molecule has 0 saturated heterocycles. The van der Waals surface area contributed by atoms with E-state index in [1.54, 1.807) is 50.2 Å². The predicted octanol–water partition coefficient (Wildman–Crippen LogP) is 6.06. The number of hydrogen-bond donors (Lipinski definition) is 2. The molecule has 6 nitrogen and oxygen atoms in total. The molecule has 0 bridgehead atoms. The number of halogens is 1. The summed E-state index contributed by atoms with van der Waals surface area (Å²) in [6, 6.07) is 17.1. The number of aryl methyl sites for hydroxylation is 3. The molecule has 0 saturated carbocycles. The lowest BCUT2D eigenvalue weighted by Crippen LogP contribution is -2.15. The number of furan rings is 1. The monoisotopic (exact) mass is 468 g/mol. The molecule has 0 spiro atoms. The molecule has 0 fully saturated rings. The van der Waals surface area contributed by atoms with Crippen molar-refractivity contribution < 1.29 is 17.6 Å². The van der Waals surface area contributed by atoms with Gasteiger partial charge in [-0.3, -0.25) is 9.52 Å². The van der Waals surface area contributed by atoms with Crippen LogP contribution in [0.25, 0.3) is 11.0 Å². The van der Waals surface area contributed by atoms with Gasteiger partial charge >= 0.3 is 0 Å². The Kier molecular flexibility index (Phi) is 5.71. The number of sulfonamides is 1. The lowest BCUT2D eigenvalue weighted by molar-refractivity contribution is 0.102. The van der Waals surface area contributed by atoms with Crippen LogP contribution in [0.4, 0.5) is 11.4 Å². The third-order valence-electron chi connectivity index (χ3n) is 5.05. The first-order chi connectivity index (χ1) is 15.2. The zero-order chi connectivity index (χ0) is 23.0. The van der Waals surface area contributed by atoms with E-state index in [-0.39, 0.29) is 21.5 Å². The molecule has 0 radical (unpaired) electrons. The van der Waals surface area contributed by atoms with Crippen molar-refractivity contribution in [2.75, 3.05) is 10.0 Å². The number of para-hydroxylation sites is 1. The van der Waals surface area contributed by atoms with Crippen molar-refractivity contribution in [3.63, 3.8) is 0 Å². The molecule has 0 aliphatic carbocycles. The Hall–Kier alpha value is -3.29. The maximum Gasteiger partial charge on any atom is 0.262 e. The Morgan fingerprint density at radius 3 is 2.34 bits per heavy atom. The van der Waals surface area contributed by atoms with Crippen LogP contribution < -0.4 is 10.0 Å². The molecule has 3 aromatic carbocycles. The third kappa shape index (κ3) is 4.22. The number of carbonyl (C=O) groups excluding carboxylic acids is 1. The zero-order valence-corrected chi connectivity index (χ0v) is 19.3. The lowest BCUT2D eigenvalue weighted by atomic mass is 10.1. The molecular formula is C24H21ClN2O4S. The van der Waals surface area contributed by atoms with E-state index in [0.717, 1.165) is 5.56 Å². The summed E-state index contributed by atoms with van der Waals surface area (Å²) in [5.41, 5.74) is 3.07. The summed E-state index contributed by atoms with van der Waals surface area (Å²) in [4.78, 5) is 13.1. The maximum absolute atomic E-state index is 13.0. The molecule has 4 rings (SSSR count). The van der Waals surface area contributed by atoms with Crippen molar-refractivity contribution in [3.8, 4) is 0 Å². The molecule has 0 aliphatic heterocycles. The number of rotatable bonds is 5. The smallest absolute Gasteiger partial charge is 0.262 e. The van der Waals surface area contributed by atoms with Gasteiger partial charge in [-0.15, -0.1) is 0 Å². The molecule has 4 aromatic rings. The summed E-state index contributed by atoms with van der Waals surface area (Å²) in [5.74, 6) is 0.00243. The van der Waals surface area contributed by atoms with Gasteiger partial charge in [-0.05, 0) is 56.7 Å². The molecule has 1 amide bonds. The number of hydrogen-bond acceptors (Lipinski definition) is 4. The lowest BCUT2D eigenvalue weighted by Gasteiger charge is -2.12. The van der Waals surface area contributed by atoms with Gasteiger partial charge in [-0.2, -0.15) is 0 Å². The van der Waals surface area contributed by atoms with Gasteiger partial charge < -0.3 is 9.73 Å². The van der Waals surface area contributed by atoms with Gasteiger partial charge in [0, 0.05) is 11.1 Å². The van der Waals surface area contributed by atoms with E-state index in [1.807, 2.05) is 25.1 Å².